The first kappa shape index (κ1) is 12.7. The van der Waals surface area contributed by atoms with Gasteiger partial charge >= 0.3 is 0 Å². The molecule has 1 unspecified atom stereocenters. The molecule has 0 bridgehead atoms. The second-order valence-electron chi connectivity index (χ2n) is 4.41. The van der Waals surface area contributed by atoms with Crippen LogP contribution in [0.1, 0.15) is 19.0 Å². The summed E-state index contributed by atoms with van der Waals surface area (Å²) in [6, 6.07) is 0.115. The SMILES string of the molecule is CCC(N)Cc1c(-n2cc(Cl)cn2)nc2sccn12. The predicted octanol–water partition coefficient (Wildman–Crippen LogP) is 2.51. The van der Waals surface area contributed by atoms with Crippen LogP contribution in [-0.4, -0.2) is 25.2 Å². The molecule has 0 aliphatic carbocycles. The Kier molecular flexibility index (Phi) is 3.30. The van der Waals surface area contributed by atoms with Gasteiger partial charge in [-0.15, -0.1) is 11.3 Å². The lowest BCUT2D eigenvalue weighted by atomic mass is 10.1. The molecule has 1 atom stereocenters. The van der Waals surface area contributed by atoms with Crippen LogP contribution >= 0.6 is 22.9 Å². The first-order valence-corrected chi connectivity index (χ1v) is 7.35. The summed E-state index contributed by atoms with van der Waals surface area (Å²) in [6.07, 6.45) is 7.07. The van der Waals surface area contributed by atoms with Gasteiger partial charge in [-0.05, 0) is 6.42 Å². The largest absolute Gasteiger partial charge is 0.327 e. The van der Waals surface area contributed by atoms with Crippen molar-refractivity contribution in [3.05, 3.63) is 34.7 Å². The third kappa shape index (κ3) is 2.27. The van der Waals surface area contributed by atoms with E-state index in [1.807, 2.05) is 11.6 Å². The summed E-state index contributed by atoms with van der Waals surface area (Å²) < 4.78 is 3.78. The molecule has 7 heteroatoms. The Balaban J connectivity index is 2.12. The Hall–Kier alpha value is -1.37. The third-order valence-corrected chi connectivity index (χ3v) is 4.04. The van der Waals surface area contributed by atoms with Crippen molar-refractivity contribution in [3.8, 4) is 5.82 Å². The maximum atomic E-state index is 6.08. The van der Waals surface area contributed by atoms with Gasteiger partial charge in [0, 0.05) is 24.0 Å². The van der Waals surface area contributed by atoms with E-state index in [9.17, 15) is 0 Å². The Bertz CT molecular complexity index is 698. The van der Waals surface area contributed by atoms with Crippen molar-refractivity contribution >= 4 is 27.9 Å². The Morgan fingerprint density at radius 3 is 3.05 bits per heavy atom. The topological polar surface area (TPSA) is 61.1 Å². The van der Waals surface area contributed by atoms with Crippen LogP contribution in [-0.2, 0) is 6.42 Å². The summed E-state index contributed by atoms with van der Waals surface area (Å²) in [6.45, 7) is 2.08. The molecule has 0 radical (unpaired) electrons. The van der Waals surface area contributed by atoms with Crippen molar-refractivity contribution in [1.29, 1.82) is 0 Å². The molecule has 5 nitrogen and oxygen atoms in total. The van der Waals surface area contributed by atoms with Crippen molar-refractivity contribution in [3.63, 3.8) is 0 Å². The van der Waals surface area contributed by atoms with E-state index in [2.05, 4.69) is 21.4 Å². The van der Waals surface area contributed by atoms with Gasteiger partial charge in [0.2, 0.25) is 0 Å². The first-order valence-electron chi connectivity index (χ1n) is 6.09. The van der Waals surface area contributed by atoms with Crippen molar-refractivity contribution in [2.45, 2.75) is 25.8 Å². The average molecular weight is 296 g/mol. The van der Waals surface area contributed by atoms with E-state index in [1.165, 1.54) is 0 Å². The molecule has 2 N–H and O–H groups in total. The van der Waals surface area contributed by atoms with Gasteiger partial charge in [-0.25, -0.2) is 4.68 Å². The average Bonchev–Trinajstić information content (AvgIpc) is 3.06. The summed E-state index contributed by atoms with van der Waals surface area (Å²) in [5.41, 5.74) is 7.16. The minimum atomic E-state index is 0.115. The van der Waals surface area contributed by atoms with Gasteiger partial charge in [-0.2, -0.15) is 10.1 Å². The monoisotopic (exact) mass is 295 g/mol. The number of fused-ring (bicyclic) bond motifs is 1. The lowest BCUT2D eigenvalue weighted by Crippen LogP contribution is -2.23. The molecule has 0 amide bonds. The fraction of sp³-hybridized carbons (Fsp3) is 0.333. The van der Waals surface area contributed by atoms with Crippen LogP contribution < -0.4 is 5.73 Å². The molecule has 0 aliphatic heterocycles. The number of nitrogens with two attached hydrogens (primary N) is 1. The van der Waals surface area contributed by atoms with Crippen LogP contribution in [0.2, 0.25) is 5.02 Å². The number of imidazole rings is 1. The minimum Gasteiger partial charge on any atom is -0.327 e. The van der Waals surface area contributed by atoms with Crippen LogP contribution in [0.25, 0.3) is 10.8 Å². The molecule has 0 aliphatic rings. The van der Waals surface area contributed by atoms with Gasteiger partial charge in [0.1, 0.15) is 0 Å². The van der Waals surface area contributed by atoms with Gasteiger partial charge in [-0.3, -0.25) is 4.40 Å². The molecule has 0 fully saturated rings. The second kappa shape index (κ2) is 4.96. The summed E-state index contributed by atoms with van der Waals surface area (Å²) >= 11 is 7.52. The summed E-state index contributed by atoms with van der Waals surface area (Å²) in [5, 5.41) is 6.84. The molecule has 19 heavy (non-hydrogen) atoms. The number of aromatic nitrogens is 4. The summed E-state index contributed by atoms with van der Waals surface area (Å²) in [5.74, 6) is 0.808. The van der Waals surface area contributed by atoms with Gasteiger partial charge < -0.3 is 5.73 Å². The van der Waals surface area contributed by atoms with E-state index in [0.717, 1.165) is 29.3 Å². The Morgan fingerprint density at radius 2 is 2.37 bits per heavy atom. The number of hydrogen-bond acceptors (Lipinski definition) is 4. The number of halogens is 1. The number of rotatable bonds is 4. The molecular formula is C12H14ClN5S. The molecule has 0 saturated carbocycles. The van der Waals surface area contributed by atoms with E-state index >= 15 is 0 Å². The Labute approximate surface area is 119 Å². The van der Waals surface area contributed by atoms with E-state index < -0.39 is 0 Å². The fourth-order valence-electron chi connectivity index (χ4n) is 2.00. The molecular weight excluding hydrogens is 282 g/mol. The second-order valence-corrected chi connectivity index (χ2v) is 5.72. The van der Waals surface area contributed by atoms with Gasteiger partial charge in [-0.1, -0.05) is 18.5 Å². The first-order chi connectivity index (χ1) is 9.19. The molecule has 0 spiro atoms. The normalized spacial score (nSPS) is 13.2. The zero-order valence-electron chi connectivity index (χ0n) is 10.5. The fourth-order valence-corrected chi connectivity index (χ4v) is 2.87. The van der Waals surface area contributed by atoms with Crippen molar-refractivity contribution in [1.82, 2.24) is 19.2 Å². The van der Waals surface area contributed by atoms with Crippen LogP contribution in [0.15, 0.2) is 24.0 Å². The maximum absolute atomic E-state index is 6.08. The Morgan fingerprint density at radius 1 is 1.53 bits per heavy atom. The van der Waals surface area contributed by atoms with Crippen LogP contribution in [0.4, 0.5) is 0 Å². The smallest absolute Gasteiger partial charge is 0.195 e. The summed E-state index contributed by atoms with van der Waals surface area (Å²) in [4.78, 5) is 5.56. The van der Waals surface area contributed by atoms with Crippen molar-refractivity contribution in [2.24, 2.45) is 5.73 Å². The van der Waals surface area contributed by atoms with E-state index in [1.54, 1.807) is 28.4 Å². The van der Waals surface area contributed by atoms with Crippen LogP contribution in [0, 0.1) is 0 Å². The third-order valence-electron chi connectivity index (χ3n) is 3.09. The highest BCUT2D eigenvalue weighted by Crippen LogP contribution is 2.22. The van der Waals surface area contributed by atoms with Gasteiger partial charge in [0.25, 0.3) is 0 Å². The van der Waals surface area contributed by atoms with Gasteiger partial charge in [0.15, 0.2) is 10.8 Å². The maximum Gasteiger partial charge on any atom is 0.195 e. The zero-order chi connectivity index (χ0) is 13.4. The molecule has 3 heterocycles. The van der Waals surface area contributed by atoms with Crippen LogP contribution in [0.5, 0.6) is 0 Å². The van der Waals surface area contributed by atoms with Crippen molar-refractivity contribution < 1.29 is 0 Å². The number of nitrogens with zero attached hydrogens (tertiary/aromatic N) is 4. The highest BCUT2D eigenvalue weighted by molar-refractivity contribution is 7.15. The van der Waals surface area contributed by atoms with Gasteiger partial charge in [0.05, 0.1) is 23.1 Å². The lowest BCUT2D eigenvalue weighted by molar-refractivity contribution is 0.629. The van der Waals surface area contributed by atoms with E-state index in [-0.39, 0.29) is 6.04 Å². The minimum absolute atomic E-state index is 0.115. The number of hydrogen-bond donors (Lipinski definition) is 1. The highest BCUT2D eigenvalue weighted by atomic mass is 35.5. The standard InChI is InChI=1S/C12H14ClN5S/c1-2-9(14)5-10-11(18-7-8(13)6-15-18)16-12-17(10)3-4-19-12/h3-4,6-7,9H,2,5,14H2,1H3. The molecule has 0 saturated heterocycles. The zero-order valence-corrected chi connectivity index (χ0v) is 12.0. The van der Waals surface area contributed by atoms with Crippen molar-refractivity contribution in [2.75, 3.05) is 0 Å². The predicted molar refractivity (Wildman–Crippen MR) is 77.2 cm³/mol. The molecule has 3 aromatic rings. The number of thiazole rings is 1. The molecule has 100 valence electrons. The van der Waals surface area contributed by atoms with E-state index in [4.69, 9.17) is 17.3 Å². The molecule has 0 aromatic carbocycles. The quantitative estimate of drug-likeness (QED) is 0.804. The molecule has 3 rings (SSSR count). The van der Waals surface area contributed by atoms with E-state index in [0.29, 0.717) is 5.02 Å². The molecule has 3 aromatic heterocycles. The van der Waals surface area contributed by atoms with Crippen LogP contribution in [0.3, 0.4) is 0 Å². The highest BCUT2D eigenvalue weighted by Gasteiger charge is 2.17. The summed E-state index contributed by atoms with van der Waals surface area (Å²) in [7, 11) is 0. The lowest BCUT2D eigenvalue weighted by Gasteiger charge is -2.09.